The van der Waals surface area contributed by atoms with Crippen LogP contribution in [0.3, 0.4) is 0 Å². The summed E-state index contributed by atoms with van der Waals surface area (Å²) in [6.07, 6.45) is 3.92. The van der Waals surface area contributed by atoms with Crippen molar-refractivity contribution in [2.45, 2.75) is 50.5 Å². The highest BCUT2D eigenvalue weighted by atomic mass is 32.2. The average Bonchev–Trinajstić information content (AvgIpc) is 3.25. The van der Waals surface area contributed by atoms with Gasteiger partial charge in [0.05, 0.1) is 4.90 Å². The van der Waals surface area contributed by atoms with Crippen molar-refractivity contribution < 1.29 is 13.2 Å². The zero-order valence-corrected chi connectivity index (χ0v) is 15.3. The number of sulfonamides is 1. The SMILES string of the molecule is CC(C)C1CCCN1C(=O)c1ccc(S(=O)(=O)N2CCCC2)cc1. The Bertz CT molecular complexity index is 691. The van der Waals surface area contributed by atoms with Crippen molar-refractivity contribution in [3.8, 4) is 0 Å². The van der Waals surface area contributed by atoms with E-state index in [-0.39, 0.29) is 16.8 Å². The molecule has 1 unspecified atom stereocenters. The molecule has 0 aliphatic carbocycles. The molecule has 5 nitrogen and oxygen atoms in total. The second-order valence-electron chi connectivity index (χ2n) is 7.09. The fourth-order valence-electron chi connectivity index (χ4n) is 3.75. The minimum Gasteiger partial charge on any atom is -0.335 e. The van der Waals surface area contributed by atoms with Gasteiger partial charge in [-0.25, -0.2) is 8.42 Å². The van der Waals surface area contributed by atoms with E-state index in [9.17, 15) is 13.2 Å². The Kier molecular flexibility index (Phi) is 4.97. The molecule has 1 amide bonds. The molecular weight excluding hydrogens is 324 g/mol. The summed E-state index contributed by atoms with van der Waals surface area (Å²) in [4.78, 5) is 15.0. The molecule has 132 valence electrons. The smallest absolute Gasteiger partial charge is 0.254 e. The lowest BCUT2D eigenvalue weighted by atomic mass is 10.0. The van der Waals surface area contributed by atoms with E-state index in [1.54, 1.807) is 24.3 Å². The van der Waals surface area contributed by atoms with Gasteiger partial charge in [0.2, 0.25) is 10.0 Å². The third-order valence-electron chi connectivity index (χ3n) is 5.13. The van der Waals surface area contributed by atoms with Crippen molar-refractivity contribution in [3.05, 3.63) is 29.8 Å². The fraction of sp³-hybridized carbons (Fsp3) is 0.611. The van der Waals surface area contributed by atoms with Gasteiger partial charge in [-0.15, -0.1) is 0 Å². The van der Waals surface area contributed by atoms with Crippen LogP contribution >= 0.6 is 0 Å². The molecule has 1 atom stereocenters. The maximum atomic E-state index is 12.7. The van der Waals surface area contributed by atoms with Crippen molar-refractivity contribution in [1.82, 2.24) is 9.21 Å². The third kappa shape index (κ3) is 3.22. The molecule has 2 aliphatic rings. The Morgan fingerprint density at radius 3 is 2.25 bits per heavy atom. The molecule has 2 aliphatic heterocycles. The summed E-state index contributed by atoms with van der Waals surface area (Å²) < 4.78 is 26.6. The maximum absolute atomic E-state index is 12.7. The van der Waals surface area contributed by atoms with E-state index in [2.05, 4.69) is 13.8 Å². The van der Waals surface area contributed by atoms with Crippen molar-refractivity contribution in [2.24, 2.45) is 5.92 Å². The van der Waals surface area contributed by atoms with Crippen LogP contribution in [0.5, 0.6) is 0 Å². The minimum absolute atomic E-state index is 0.0105. The fourth-order valence-corrected chi connectivity index (χ4v) is 5.27. The second-order valence-corrected chi connectivity index (χ2v) is 9.03. The Hall–Kier alpha value is -1.40. The molecule has 0 saturated carbocycles. The molecule has 0 radical (unpaired) electrons. The van der Waals surface area contributed by atoms with Crippen LogP contribution in [0.15, 0.2) is 29.2 Å². The number of benzene rings is 1. The summed E-state index contributed by atoms with van der Waals surface area (Å²) in [5, 5.41) is 0. The molecule has 0 aromatic heterocycles. The molecule has 2 fully saturated rings. The molecule has 0 spiro atoms. The van der Waals surface area contributed by atoms with E-state index in [4.69, 9.17) is 0 Å². The molecule has 1 aromatic carbocycles. The lowest BCUT2D eigenvalue weighted by Gasteiger charge is -2.27. The Morgan fingerprint density at radius 1 is 1.04 bits per heavy atom. The van der Waals surface area contributed by atoms with Gasteiger partial charge in [-0.2, -0.15) is 4.31 Å². The van der Waals surface area contributed by atoms with Crippen LogP contribution in [0.4, 0.5) is 0 Å². The highest BCUT2D eigenvalue weighted by molar-refractivity contribution is 7.89. The first-order valence-electron chi connectivity index (χ1n) is 8.82. The number of hydrogen-bond donors (Lipinski definition) is 0. The Balaban J connectivity index is 1.78. The van der Waals surface area contributed by atoms with Gasteiger partial charge >= 0.3 is 0 Å². The van der Waals surface area contributed by atoms with Gasteiger partial charge in [-0.05, 0) is 55.9 Å². The quantitative estimate of drug-likeness (QED) is 0.839. The molecule has 2 heterocycles. The van der Waals surface area contributed by atoms with Crippen LogP contribution in [-0.4, -0.2) is 49.2 Å². The third-order valence-corrected chi connectivity index (χ3v) is 7.05. The summed E-state index contributed by atoms with van der Waals surface area (Å²) in [5.74, 6) is 0.447. The summed E-state index contributed by atoms with van der Waals surface area (Å²) in [6, 6.07) is 6.73. The second kappa shape index (κ2) is 6.84. The van der Waals surface area contributed by atoms with E-state index in [1.807, 2.05) is 4.90 Å². The predicted molar refractivity (Wildman–Crippen MR) is 93.3 cm³/mol. The number of hydrogen-bond acceptors (Lipinski definition) is 3. The summed E-state index contributed by atoms with van der Waals surface area (Å²) in [5.41, 5.74) is 0.572. The molecule has 0 bridgehead atoms. The van der Waals surface area contributed by atoms with Crippen LogP contribution in [-0.2, 0) is 10.0 Å². The van der Waals surface area contributed by atoms with Gasteiger partial charge in [0.1, 0.15) is 0 Å². The molecule has 2 saturated heterocycles. The molecule has 24 heavy (non-hydrogen) atoms. The van der Waals surface area contributed by atoms with Gasteiger partial charge in [0.25, 0.3) is 5.91 Å². The van der Waals surface area contributed by atoms with Crippen molar-refractivity contribution in [2.75, 3.05) is 19.6 Å². The van der Waals surface area contributed by atoms with E-state index in [1.165, 1.54) is 4.31 Å². The average molecular weight is 350 g/mol. The van der Waals surface area contributed by atoms with E-state index in [0.29, 0.717) is 24.6 Å². The first-order chi connectivity index (χ1) is 11.4. The number of nitrogens with zero attached hydrogens (tertiary/aromatic N) is 2. The van der Waals surface area contributed by atoms with Gasteiger partial charge in [0.15, 0.2) is 0 Å². The van der Waals surface area contributed by atoms with Gasteiger partial charge in [-0.3, -0.25) is 4.79 Å². The highest BCUT2D eigenvalue weighted by Crippen LogP contribution is 2.26. The van der Waals surface area contributed by atoms with Crippen molar-refractivity contribution in [3.63, 3.8) is 0 Å². The predicted octanol–water partition coefficient (Wildman–Crippen LogP) is 2.73. The number of rotatable bonds is 4. The molecule has 6 heteroatoms. The molecular formula is C18H26N2O3S. The van der Waals surface area contributed by atoms with Crippen LogP contribution in [0.1, 0.15) is 49.9 Å². The number of amides is 1. The minimum atomic E-state index is -3.42. The van der Waals surface area contributed by atoms with Crippen LogP contribution in [0.2, 0.25) is 0 Å². The largest absolute Gasteiger partial charge is 0.335 e. The van der Waals surface area contributed by atoms with Crippen LogP contribution in [0, 0.1) is 5.92 Å². The number of likely N-dealkylation sites (tertiary alicyclic amines) is 1. The first-order valence-corrected chi connectivity index (χ1v) is 10.3. The summed E-state index contributed by atoms with van der Waals surface area (Å²) in [7, 11) is -3.42. The monoisotopic (exact) mass is 350 g/mol. The molecule has 3 rings (SSSR count). The van der Waals surface area contributed by atoms with E-state index < -0.39 is 10.0 Å². The van der Waals surface area contributed by atoms with Crippen molar-refractivity contribution in [1.29, 1.82) is 0 Å². The van der Waals surface area contributed by atoms with E-state index >= 15 is 0 Å². The number of carbonyl (C=O) groups is 1. The maximum Gasteiger partial charge on any atom is 0.254 e. The Morgan fingerprint density at radius 2 is 1.67 bits per heavy atom. The number of carbonyl (C=O) groups excluding carboxylic acids is 1. The van der Waals surface area contributed by atoms with Gasteiger partial charge in [0, 0.05) is 31.2 Å². The highest BCUT2D eigenvalue weighted by Gasteiger charge is 2.32. The van der Waals surface area contributed by atoms with Crippen LogP contribution in [0.25, 0.3) is 0 Å². The van der Waals surface area contributed by atoms with Crippen LogP contribution < -0.4 is 0 Å². The van der Waals surface area contributed by atoms with Gasteiger partial charge < -0.3 is 4.90 Å². The van der Waals surface area contributed by atoms with Crippen molar-refractivity contribution >= 4 is 15.9 Å². The topological polar surface area (TPSA) is 57.7 Å². The standard InChI is InChI=1S/C18H26N2O3S/c1-14(2)17-6-5-13-20(17)18(21)15-7-9-16(10-8-15)24(22,23)19-11-3-4-12-19/h7-10,14,17H,3-6,11-13H2,1-2H3. The van der Waals surface area contributed by atoms with E-state index in [0.717, 1.165) is 32.2 Å². The van der Waals surface area contributed by atoms with Gasteiger partial charge in [-0.1, -0.05) is 13.8 Å². The molecule has 0 N–H and O–H groups in total. The summed E-state index contributed by atoms with van der Waals surface area (Å²) in [6.45, 7) is 6.25. The first kappa shape index (κ1) is 17.4. The summed E-state index contributed by atoms with van der Waals surface area (Å²) >= 11 is 0. The zero-order valence-electron chi connectivity index (χ0n) is 14.4. The lowest BCUT2D eigenvalue weighted by Crippen LogP contribution is -2.38. The normalized spacial score (nSPS) is 22.5. The Labute approximate surface area is 144 Å². The zero-order chi connectivity index (χ0) is 17.3. The lowest BCUT2D eigenvalue weighted by molar-refractivity contribution is 0.0701. The molecule has 1 aromatic rings.